The average Bonchev–Trinajstić information content (AvgIpc) is 2.90. The van der Waals surface area contributed by atoms with Gasteiger partial charge < -0.3 is 0 Å². The van der Waals surface area contributed by atoms with E-state index in [4.69, 9.17) is 0 Å². The highest BCUT2D eigenvalue weighted by Crippen LogP contribution is 2.28. The molecular weight excluding hydrogens is 247 g/mol. The summed E-state index contributed by atoms with van der Waals surface area (Å²) in [5, 5.41) is 2.52. The summed E-state index contributed by atoms with van der Waals surface area (Å²) in [5.41, 5.74) is 2.18. The van der Waals surface area contributed by atoms with Crippen molar-refractivity contribution in [2.45, 2.75) is 0 Å². The number of thiazole rings is 1. The molecule has 0 fully saturated rings. The van der Waals surface area contributed by atoms with Gasteiger partial charge in [0.2, 0.25) is 0 Å². The van der Waals surface area contributed by atoms with E-state index in [2.05, 4.69) is 9.97 Å². The maximum atomic E-state index is 13.6. The molecule has 0 spiro atoms. The number of pyridine rings is 1. The fourth-order valence-electron chi connectivity index (χ4n) is 1.67. The molecule has 0 radical (unpaired) electrons. The molecule has 0 aliphatic rings. The second kappa shape index (κ2) is 4.66. The Kier molecular flexibility index (Phi) is 2.86. The van der Waals surface area contributed by atoms with Crippen molar-refractivity contribution < 1.29 is 4.39 Å². The topological polar surface area (TPSA) is 25.8 Å². The molecule has 88 valence electrons. The van der Waals surface area contributed by atoms with Gasteiger partial charge in [-0.2, -0.15) is 0 Å². The lowest BCUT2D eigenvalue weighted by Gasteiger charge is -1.97. The molecule has 4 heteroatoms. The SMILES string of the molecule is Fc1cccnc1-c1nc(-c2ccccc2)cs1. The van der Waals surface area contributed by atoms with Gasteiger partial charge in [0.1, 0.15) is 10.7 Å². The predicted molar refractivity (Wildman–Crippen MR) is 70.7 cm³/mol. The van der Waals surface area contributed by atoms with Crippen LogP contribution in [0.25, 0.3) is 22.0 Å². The lowest BCUT2D eigenvalue weighted by molar-refractivity contribution is 0.625. The summed E-state index contributed by atoms with van der Waals surface area (Å²) in [7, 11) is 0. The molecule has 18 heavy (non-hydrogen) atoms. The van der Waals surface area contributed by atoms with Crippen LogP contribution in [-0.4, -0.2) is 9.97 Å². The smallest absolute Gasteiger partial charge is 0.151 e. The lowest BCUT2D eigenvalue weighted by Crippen LogP contribution is -1.87. The molecule has 0 bridgehead atoms. The minimum absolute atomic E-state index is 0.310. The molecule has 3 aromatic rings. The van der Waals surface area contributed by atoms with Crippen molar-refractivity contribution in [3.8, 4) is 22.0 Å². The predicted octanol–water partition coefficient (Wildman–Crippen LogP) is 4.01. The molecule has 0 aliphatic carbocycles. The number of hydrogen-bond donors (Lipinski definition) is 0. The molecular formula is C14H9FN2S. The first-order valence-electron chi connectivity index (χ1n) is 5.46. The number of rotatable bonds is 2. The summed E-state index contributed by atoms with van der Waals surface area (Å²) in [5.74, 6) is -0.341. The van der Waals surface area contributed by atoms with Crippen LogP contribution in [0.3, 0.4) is 0 Å². The fraction of sp³-hybridized carbons (Fsp3) is 0. The second-order valence-electron chi connectivity index (χ2n) is 3.74. The summed E-state index contributed by atoms with van der Waals surface area (Å²) < 4.78 is 13.6. The zero-order valence-electron chi connectivity index (χ0n) is 9.38. The van der Waals surface area contributed by atoms with Gasteiger partial charge in [0.05, 0.1) is 5.69 Å². The monoisotopic (exact) mass is 256 g/mol. The molecule has 0 atom stereocenters. The normalized spacial score (nSPS) is 10.5. The summed E-state index contributed by atoms with van der Waals surface area (Å²) in [4.78, 5) is 8.46. The van der Waals surface area contributed by atoms with E-state index < -0.39 is 0 Å². The Labute approximate surface area is 108 Å². The molecule has 0 saturated carbocycles. The largest absolute Gasteiger partial charge is 0.251 e. The number of aromatic nitrogens is 2. The first-order valence-corrected chi connectivity index (χ1v) is 6.34. The van der Waals surface area contributed by atoms with Crippen LogP contribution in [0.15, 0.2) is 54.0 Å². The van der Waals surface area contributed by atoms with Crippen molar-refractivity contribution in [1.29, 1.82) is 0 Å². The Morgan fingerprint density at radius 1 is 1.00 bits per heavy atom. The molecule has 0 unspecified atom stereocenters. The standard InChI is InChI=1S/C14H9FN2S/c15-11-7-4-8-16-13(11)14-17-12(9-18-14)10-5-2-1-3-6-10/h1-9H. The Hall–Kier alpha value is -2.07. The highest BCUT2D eigenvalue weighted by molar-refractivity contribution is 7.13. The van der Waals surface area contributed by atoms with Crippen molar-refractivity contribution in [2.24, 2.45) is 0 Å². The van der Waals surface area contributed by atoms with Crippen LogP contribution < -0.4 is 0 Å². The summed E-state index contributed by atoms with van der Waals surface area (Å²) >= 11 is 1.40. The van der Waals surface area contributed by atoms with Crippen molar-refractivity contribution >= 4 is 11.3 Å². The zero-order chi connectivity index (χ0) is 12.4. The van der Waals surface area contributed by atoms with E-state index in [9.17, 15) is 4.39 Å². The van der Waals surface area contributed by atoms with Gasteiger partial charge in [0.15, 0.2) is 5.82 Å². The molecule has 0 N–H and O–H groups in total. The first-order chi connectivity index (χ1) is 8.84. The summed E-state index contributed by atoms with van der Waals surface area (Å²) in [6.45, 7) is 0. The van der Waals surface area contributed by atoms with E-state index in [1.165, 1.54) is 17.4 Å². The van der Waals surface area contributed by atoms with E-state index in [1.807, 2.05) is 35.7 Å². The van der Waals surface area contributed by atoms with Crippen molar-refractivity contribution in [3.05, 3.63) is 59.9 Å². The number of benzene rings is 1. The van der Waals surface area contributed by atoms with Gasteiger partial charge >= 0.3 is 0 Å². The Bertz CT molecular complexity index is 664. The molecule has 0 amide bonds. The maximum absolute atomic E-state index is 13.6. The van der Waals surface area contributed by atoms with E-state index in [0.29, 0.717) is 10.7 Å². The quantitative estimate of drug-likeness (QED) is 0.692. The molecule has 3 rings (SSSR count). The van der Waals surface area contributed by atoms with Crippen molar-refractivity contribution in [1.82, 2.24) is 9.97 Å². The number of nitrogens with zero attached hydrogens (tertiary/aromatic N) is 2. The maximum Gasteiger partial charge on any atom is 0.151 e. The van der Waals surface area contributed by atoms with Crippen LogP contribution >= 0.6 is 11.3 Å². The number of hydrogen-bond acceptors (Lipinski definition) is 3. The van der Waals surface area contributed by atoms with Crippen LogP contribution in [-0.2, 0) is 0 Å². The van der Waals surface area contributed by atoms with Crippen molar-refractivity contribution in [2.75, 3.05) is 0 Å². The lowest BCUT2D eigenvalue weighted by atomic mass is 10.2. The molecule has 2 aromatic heterocycles. The van der Waals surface area contributed by atoms with Crippen LogP contribution in [0.5, 0.6) is 0 Å². The summed E-state index contributed by atoms with van der Waals surface area (Å²) in [6, 6.07) is 12.8. The molecule has 0 aliphatic heterocycles. The Morgan fingerprint density at radius 3 is 2.61 bits per heavy atom. The van der Waals surface area contributed by atoms with E-state index >= 15 is 0 Å². The van der Waals surface area contributed by atoms with Gasteiger partial charge in [-0.15, -0.1) is 11.3 Å². The third-order valence-corrected chi connectivity index (χ3v) is 3.38. The second-order valence-corrected chi connectivity index (χ2v) is 4.60. The van der Waals surface area contributed by atoms with E-state index in [0.717, 1.165) is 11.3 Å². The van der Waals surface area contributed by atoms with E-state index in [-0.39, 0.29) is 5.82 Å². The number of halogens is 1. The van der Waals surface area contributed by atoms with Gasteiger partial charge in [-0.25, -0.2) is 9.37 Å². The van der Waals surface area contributed by atoms with Gasteiger partial charge in [-0.05, 0) is 12.1 Å². The minimum atomic E-state index is -0.341. The van der Waals surface area contributed by atoms with Crippen LogP contribution in [0, 0.1) is 5.82 Å². The highest BCUT2D eigenvalue weighted by atomic mass is 32.1. The van der Waals surface area contributed by atoms with Gasteiger partial charge in [-0.3, -0.25) is 4.98 Å². The molecule has 1 aromatic carbocycles. The Morgan fingerprint density at radius 2 is 1.83 bits per heavy atom. The summed E-state index contributed by atoms with van der Waals surface area (Å²) in [6.07, 6.45) is 1.57. The van der Waals surface area contributed by atoms with E-state index in [1.54, 1.807) is 12.3 Å². The van der Waals surface area contributed by atoms with Crippen LogP contribution in [0.2, 0.25) is 0 Å². The first kappa shape index (κ1) is 11.0. The van der Waals surface area contributed by atoms with Gasteiger partial charge in [-0.1, -0.05) is 30.3 Å². The minimum Gasteiger partial charge on any atom is -0.251 e. The zero-order valence-corrected chi connectivity index (χ0v) is 10.2. The van der Waals surface area contributed by atoms with Crippen molar-refractivity contribution in [3.63, 3.8) is 0 Å². The third kappa shape index (κ3) is 2.02. The van der Waals surface area contributed by atoms with Gasteiger partial charge in [0.25, 0.3) is 0 Å². The fourth-order valence-corrected chi connectivity index (χ4v) is 2.49. The average molecular weight is 256 g/mol. The highest BCUT2D eigenvalue weighted by Gasteiger charge is 2.11. The third-order valence-electron chi connectivity index (χ3n) is 2.53. The van der Waals surface area contributed by atoms with Gasteiger partial charge in [0, 0.05) is 17.1 Å². The molecule has 2 nitrogen and oxygen atoms in total. The molecule has 0 saturated heterocycles. The molecule has 2 heterocycles. The Balaban J connectivity index is 2.03. The van der Waals surface area contributed by atoms with Crippen LogP contribution in [0.4, 0.5) is 4.39 Å². The van der Waals surface area contributed by atoms with Crippen LogP contribution in [0.1, 0.15) is 0 Å².